The highest BCUT2D eigenvalue weighted by Crippen LogP contribution is 2.25. The second-order valence-corrected chi connectivity index (χ2v) is 5.63. The van der Waals surface area contributed by atoms with E-state index in [9.17, 15) is 18.8 Å². The van der Waals surface area contributed by atoms with Crippen LogP contribution < -0.4 is 10.1 Å². The van der Waals surface area contributed by atoms with E-state index in [0.717, 1.165) is 17.2 Å². The molecule has 0 unspecified atom stereocenters. The van der Waals surface area contributed by atoms with Gasteiger partial charge in [-0.1, -0.05) is 12.1 Å². The minimum atomic E-state index is -1.35. The fourth-order valence-corrected chi connectivity index (χ4v) is 2.61. The van der Waals surface area contributed by atoms with Gasteiger partial charge in [0.25, 0.3) is 17.7 Å². The number of carboxylic acid groups (broad SMARTS) is 1. The number of fused-ring (bicyclic) bond motifs is 1. The van der Waals surface area contributed by atoms with Crippen molar-refractivity contribution < 1.29 is 28.6 Å². The molecule has 26 heavy (non-hydrogen) atoms. The fraction of sp³-hybridized carbons (Fsp3) is 0.176. The van der Waals surface area contributed by atoms with Crippen molar-refractivity contribution >= 4 is 23.6 Å². The number of hydrogen-bond acceptors (Lipinski definition) is 5. The third kappa shape index (κ3) is 3.18. The number of anilines is 1. The number of benzene rings is 1. The molecule has 2 aromatic rings. The normalized spacial score (nSPS) is 14.2. The lowest BCUT2D eigenvalue weighted by Crippen LogP contribution is -2.41. The molecule has 0 bridgehead atoms. The van der Waals surface area contributed by atoms with E-state index in [1.165, 1.54) is 0 Å². The van der Waals surface area contributed by atoms with Crippen LogP contribution in [-0.2, 0) is 0 Å². The van der Waals surface area contributed by atoms with Crippen LogP contribution in [0.4, 0.5) is 14.9 Å². The van der Waals surface area contributed by atoms with Gasteiger partial charge in [0, 0.05) is 6.07 Å². The van der Waals surface area contributed by atoms with Crippen molar-refractivity contribution in [1.29, 1.82) is 0 Å². The molecule has 3 amide bonds. The van der Waals surface area contributed by atoms with E-state index in [4.69, 9.17) is 9.84 Å². The Bertz CT molecular complexity index is 867. The van der Waals surface area contributed by atoms with Crippen molar-refractivity contribution in [3.8, 4) is 5.88 Å². The molecule has 0 radical (unpaired) electrons. The van der Waals surface area contributed by atoms with Gasteiger partial charge in [0.1, 0.15) is 6.61 Å². The van der Waals surface area contributed by atoms with Crippen LogP contribution in [0, 0.1) is 5.82 Å². The van der Waals surface area contributed by atoms with E-state index >= 15 is 0 Å². The van der Waals surface area contributed by atoms with Crippen LogP contribution in [0.5, 0.6) is 5.88 Å². The molecule has 0 saturated carbocycles. The smallest absolute Gasteiger partial charge is 0.409 e. The number of aromatic nitrogens is 1. The lowest BCUT2D eigenvalue weighted by atomic mass is 10.1. The average Bonchev–Trinajstić information content (AvgIpc) is 2.85. The SMILES string of the molecule is C[C@@H](COc1ncc(NC(=O)O)cc1F)N1C(=O)c2ccccc2C1=O. The van der Waals surface area contributed by atoms with Gasteiger partial charge in [-0.2, -0.15) is 0 Å². The van der Waals surface area contributed by atoms with Crippen molar-refractivity contribution in [1.82, 2.24) is 9.88 Å². The molecule has 134 valence electrons. The van der Waals surface area contributed by atoms with Crippen LogP contribution in [0.3, 0.4) is 0 Å². The number of nitrogens with one attached hydrogen (secondary N) is 1. The number of ether oxygens (including phenoxy) is 1. The van der Waals surface area contributed by atoms with E-state index in [1.807, 2.05) is 5.32 Å². The zero-order valence-electron chi connectivity index (χ0n) is 13.6. The number of pyridine rings is 1. The Kier molecular flexibility index (Phi) is 4.53. The number of hydrogen-bond donors (Lipinski definition) is 2. The van der Waals surface area contributed by atoms with Gasteiger partial charge in [-0.3, -0.25) is 19.8 Å². The summed E-state index contributed by atoms with van der Waals surface area (Å²) in [6.07, 6.45) is -0.252. The molecule has 9 heteroatoms. The van der Waals surface area contributed by atoms with Crippen molar-refractivity contribution in [2.24, 2.45) is 0 Å². The van der Waals surface area contributed by atoms with Crippen molar-refractivity contribution in [3.63, 3.8) is 0 Å². The first-order chi connectivity index (χ1) is 12.4. The molecular formula is C17H14FN3O5. The maximum atomic E-state index is 13.9. The quantitative estimate of drug-likeness (QED) is 0.794. The highest BCUT2D eigenvalue weighted by atomic mass is 19.1. The Labute approximate surface area is 147 Å². The van der Waals surface area contributed by atoms with Gasteiger partial charge in [0.15, 0.2) is 5.82 Å². The molecule has 1 aliphatic heterocycles. The summed E-state index contributed by atoms with van der Waals surface area (Å²) in [4.78, 5) is 40.0. The topological polar surface area (TPSA) is 109 Å². The first-order valence-corrected chi connectivity index (χ1v) is 7.63. The second-order valence-electron chi connectivity index (χ2n) is 5.63. The first-order valence-electron chi connectivity index (χ1n) is 7.63. The van der Waals surface area contributed by atoms with Crippen LogP contribution in [0.15, 0.2) is 36.5 Å². The number of rotatable bonds is 5. The highest BCUT2D eigenvalue weighted by Gasteiger charge is 2.38. The lowest BCUT2D eigenvalue weighted by Gasteiger charge is -2.22. The zero-order valence-corrected chi connectivity index (χ0v) is 13.6. The summed E-state index contributed by atoms with van der Waals surface area (Å²) in [5, 5.41) is 10.6. The van der Waals surface area contributed by atoms with Gasteiger partial charge in [0.2, 0.25) is 0 Å². The van der Waals surface area contributed by atoms with Gasteiger partial charge in [0.05, 0.1) is 29.1 Å². The van der Waals surface area contributed by atoms with Gasteiger partial charge in [-0.05, 0) is 19.1 Å². The second kappa shape index (κ2) is 6.79. The molecule has 3 rings (SSSR count). The molecule has 1 aromatic carbocycles. The lowest BCUT2D eigenvalue weighted by molar-refractivity contribution is 0.0546. The van der Waals surface area contributed by atoms with Crippen LogP contribution in [0.1, 0.15) is 27.6 Å². The van der Waals surface area contributed by atoms with E-state index in [1.54, 1.807) is 31.2 Å². The summed E-state index contributed by atoms with van der Waals surface area (Å²) < 4.78 is 19.2. The van der Waals surface area contributed by atoms with E-state index in [0.29, 0.717) is 11.1 Å². The van der Waals surface area contributed by atoms with E-state index < -0.39 is 29.8 Å². The van der Waals surface area contributed by atoms with E-state index in [-0.39, 0.29) is 18.2 Å². The summed E-state index contributed by atoms with van der Waals surface area (Å²) in [7, 11) is 0. The third-order valence-electron chi connectivity index (χ3n) is 3.79. The molecule has 1 aromatic heterocycles. The predicted octanol–water partition coefficient (Wildman–Crippen LogP) is 2.37. The number of imide groups is 1. The molecule has 1 aliphatic rings. The summed E-state index contributed by atoms with van der Waals surface area (Å²) >= 11 is 0. The van der Waals surface area contributed by atoms with E-state index in [2.05, 4.69) is 4.98 Å². The molecule has 8 nitrogen and oxygen atoms in total. The molecular weight excluding hydrogens is 345 g/mol. The average molecular weight is 359 g/mol. The molecule has 0 fully saturated rings. The minimum Gasteiger partial charge on any atom is -0.473 e. The summed E-state index contributed by atoms with van der Waals surface area (Å²) in [5.74, 6) is -2.09. The first kappa shape index (κ1) is 17.3. The minimum absolute atomic E-state index is 0.0456. The predicted molar refractivity (Wildman–Crippen MR) is 87.7 cm³/mol. The monoisotopic (exact) mass is 359 g/mol. The molecule has 0 spiro atoms. The third-order valence-corrected chi connectivity index (χ3v) is 3.79. The number of nitrogens with zero attached hydrogens (tertiary/aromatic N) is 2. The number of amides is 3. The molecule has 2 heterocycles. The Balaban J connectivity index is 1.68. The van der Waals surface area contributed by atoms with Gasteiger partial charge >= 0.3 is 6.09 Å². The van der Waals surface area contributed by atoms with Crippen molar-refractivity contribution in [2.45, 2.75) is 13.0 Å². The maximum absolute atomic E-state index is 13.9. The number of halogens is 1. The summed E-state index contributed by atoms with van der Waals surface area (Å²) in [6, 6.07) is 6.74. The van der Waals surface area contributed by atoms with Crippen LogP contribution in [0.25, 0.3) is 0 Å². The number of carbonyl (C=O) groups excluding carboxylic acids is 2. The molecule has 1 atom stereocenters. The van der Waals surface area contributed by atoms with Gasteiger partial charge < -0.3 is 9.84 Å². The van der Waals surface area contributed by atoms with Crippen molar-refractivity contribution in [2.75, 3.05) is 11.9 Å². The fourth-order valence-electron chi connectivity index (χ4n) is 2.61. The number of carbonyl (C=O) groups is 3. The van der Waals surface area contributed by atoms with Crippen LogP contribution in [-0.4, -0.2) is 45.5 Å². The van der Waals surface area contributed by atoms with Crippen LogP contribution in [0.2, 0.25) is 0 Å². The summed E-state index contributed by atoms with van der Waals surface area (Å²) in [5.41, 5.74) is 0.589. The standard InChI is InChI=1S/C17H14FN3O5/c1-9(21-15(22)11-4-2-3-5-12(11)16(21)23)8-26-14-13(18)6-10(7-19-14)20-17(24)25/h2-7,9,20H,8H2,1H3,(H,24,25)/t9-/m0/s1. The van der Waals surface area contributed by atoms with Gasteiger partial charge in [-0.25, -0.2) is 14.2 Å². The Morgan fingerprint density at radius 2 is 1.92 bits per heavy atom. The summed E-state index contributed by atoms with van der Waals surface area (Å²) in [6.45, 7) is 1.43. The Morgan fingerprint density at radius 1 is 1.31 bits per heavy atom. The van der Waals surface area contributed by atoms with Crippen molar-refractivity contribution in [3.05, 3.63) is 53.5 Å². The molecule has 2 N–H and O–H groups in total. The Hall–Kier alpha value is -3.49. The molecule has 0 saturated heterocycles. The molecule has 0 aliphatic carbocycles. The highest BCUT2D eigenvalue weighted by molar-refractivity contribution is 6.21. The van der Waals surface area contributed by atoms with Gasteiger partial charge in [-0.15, -0.1) is 0 Å². The largest absolute Gasteiger partial charge is 0.473 e. The Morgan fingerprint density at radius 3 is 2.46 bits per heavy atom. The maximum Gasteiger partial charge on any atom is 0.409 e. The van der Waals surface area contributed by atoms with Crippen LogP contribution >= 0.6 is 0 Å². The zero-order chi connectivity index (χ0) is 18.8.